The van der Waals surface area contributed by atoms with Crippen LogP contribution in [0.25, 0.3) is 10.9 Å². The average Bonchev–Trinajstić information content (AvgIpc) is 2.70. The molecule has 3 N–H and O–H groups in total. The maximum absolute atomic E-state index is 12.6. The summed E-state index contributed by atoms with van der Waals surface area (Å²) in [6.45, 7) is 2.44. The lowest BCUT2D eigenvalue weighted by atomic mass is 9.84. The monoisotopic (exact) mass is 384 g/mol. The summed E-state index contributed by atoms with van der Waals surface area (Å²) in [6.07, 6.45) is 6.90. The predicted octanol–water partition coefficient (Wildman–Crippen LogP) is 1.81. The van der Waals surface area contributed by atoms with Crippen LogP contribution in [0, 0.1) is 0 Å². The molecule has 2 heterocycles. The van der Waals surface area contributed by atoms with Gasteiger partial charge in [0.05, 0.1) is 16.5 Å². The summed E-state index contributed by atoms with van der Waals surface area (Å²) in [5.74, 6) is -0.283. The van der Waals surface area contributed by atoms with Crippen molar-refractivity contribution in [3.05, 3.63) is 40.4 Å². The number of hydrogen-bond donors (Lipinski definition) is 3. The van der Waals surface area contributed by atoms with E-state index in [9.17, 15) is 14.7 Å². The van der Waals surface area contributed by atoms with Gasteiger partial charge in [-0.15, -0.1) is 0 Å². The number of β-amino-alcohol motifs (C(OH)–C–C–N with tert-alkyl or cyclic N) is 1. The first kappa shape index (κ1) is 19.1. The van der Waals surface area contributed by atoms with Crippen LogP contribution in [-0.2, 0) is 0 Å². The fourth-order valence-electron chi connectivity index (χ4n) is 4.47. The largest absolute Gasteiger partial charge is 0.389 e. The van der Waals surface area contributed by atoms with E-state index in [1.165, 1.54) is 6.42 Å². The molecule has 2 aliphatic rings. The average molecular weight is 384 g/mol. The highest BCUT2D eigenvalue weighted by molar-refractivity contribution is 5.92. The third-order valence-electron chi connectivity index (χ3n) is 6.05. The Labute approximate surface area is 164 Å². The molecule has 1 aliphatic carbocycles. The number of fused-ring (bicyclic) bond motifs is 1. The third-order valence-corrected chi connectivity index (χ3v) is 6.05. The Morgan fingerprint density at radius 2 is 1.93 bits per heavy atom. The number of amides is 1. The molecule has 1 saturated carbocycles. The summed E-state index contributed by atoms with van der Waals surface area (Å²) >= 11 is 0. The van der Waals surface area contributed by atoms with Gasteiger partial charge in [-0.1, -0.05) is 31.4 Å². The van der Waals surface area contributed by atoms with Crippen molar-refractivity contribution in [3.63, 3.8) is 0 Å². The fraction of sp³-hybridized carbons (Fsp3) is 0.571. The van der Waals surface area contributed by atoms with Gasteiger partial charge in [-0.25, -0.2) is 4.98 Å². The molecule has 4 rings (SSSR count). The number of piperidine rings is 1. The lowest BCUT2D eigenvalue weighted by Gasteiger charge is -2.40. The van der Waals surface area contributed by atoms with Crippen LogP contribution >= 0.6 is 0 Å². The van der Waals surface area contributed by atoms with Gasteiger partial charge in [0.15, 0.2) is 5.82 Å². The van der Waals surface area contributed by atoms with Gasteiger partial charge in [-0.05, 0) is 37.8 Å². The number of nitrogens with one attached hydrogen (secondary N) is 2. The zero-order valence-electron chi connectivity index (χ0n) is 16.1. The van der Waals surface area contributed by atoms with Gasteiger partial charge in [-0.2, -0.15) is 0 Å². The number of carbonyl (C=O) groups excluding carboxylic acids is 1. The summed E-state index contributed by atoms with van der Waals surface area (Å²) in [5, 5.41) is 14.2. The second kappa shape index (κ2) is 8.01. The van der Waals surface area contributed by atoms with Crippen LogP contribution in [0.4, 0.5) is 0 Å². The summed E-state index contributed by atoms with van der Waals surface area (Å²) in [7, 11) is 0. The number of likely N-dealkylation sites (tertiary alicyclic amines) is 1. The van der Waals surface area contributed by atoms with Gasteiger partial charge < -0.3 is 20.3 Å². The Kier molecular flexibility index (Phi) is 5.46. The van der Waals surface area contributed by atoms with Crippen molar-refractivity contribution in [1.29, 1.82) is 0 Å². The highest BCUT2D eigenvalue weighted by Gasteiger charge is 2.33. The lowest BCUT2D eigenvalue weighted by molar-refractivity contribution is -0.0312. The van der Waals surface area contributed by atoms with Gasteiger partial charge in [0.25, 0.3) is 11.5 Å². The number of aromatic amines is 1. The highest BCUT2D eigenvalue weighted by Crippen LogP contribution is 2.29. The molecule has 28 heavy (non-hydrogen) atoms. The Bertz CT molecular complexity index is 896. The van der Waals surface area contributed by atoms with Crippen LogP contribution < -0.4 is 10.9 Å². The number of aromatic nitrogens is 2. The number of aliphatic hydroxyl groups is 1. The quantitative estimate of drug-likeness (QED) is 0.747. The Hall–Kier alpha value is -2.25. The van der Waals surface area contributed by atoms with Crippen molar-refractivity contribution in [3.8, 4) is 0 Å². The Morgan fingerprint density at radius 1 is 1.21 bits per heavy atom. The zero-order valence-corrected chi connectivity index (χ0v) is 16.1. The van der Waals surface area contributed by atoms with Crippen LogP contribution in [0.1, 0.15) is 55.6 Å². The zero-order chi connectivity index (χ0) is 19.6. The van der Waals surface area contributed by atoms with Crippen molar-refractivity contribution < 1.29 is 9.90 Å². The van der Waals surface area contributed by atoms with E-state index >= 15 is 0 Å². The predicted molar refractivity (Wildman–Crippen MR) is 107 cm³/mol. The topological polar surface area (TPSA) is 98.3 Å². The van der Waals surface area contributed by atoms with E-state index in [0.29, 0.717) is 10.9 Å². The summed E-state index contributed by atoms with van der Waals surface area (Å²) in [4.78, 5) is 33.9. The van der Waals surface area contributed by atoms with Crippen molar-refractivity contribution in [2.45, 2.75) is 56.6 Å². The Balaban J connectivity index is 1.33. The van der Waals surface area contributed by atoms with Crippen LogP contribution in [-0.4, -0.2) is 57.2 Å². The molecule has 1 saturated heterocycles. The van der Waals surface area contributed by atoms with E-state index in [1.807, 2.05) is 0 Å². The highest BCUT2D eigenvalue weighted by atomic mass is 16.3. The molecule has 0 atom stereocenters. The molecule has 0 bridgehead atoms. The van der Waals surface area contributed by atoms with Crippen LogP contribution in [0.3, 0.4) is 0 Å². The van der Waals surface area contributed by atoms with Crippen LogP contribution in [0.2, 0.25) is 0 Å². The van der Waals surface area contributed by atoms with E-state index in [-0.39, 0.29) is 23.3 Å². The molecule has 1 amide bonds. The first-order valence-corrected chi connectivity index (χ1v) is 10.3. The standard InChI is InChI=1S/C21H28N4O3/c26-19-16-6-2-3-7-17(16)23-18(24-19)20(27)22-15-8-12-25(13-9-15)14-21(28)10-4-1-5-11-21/h2-3,6-7,15,28H,1,4-5,8-14H2,(H,22,27)(H,23,24,26). The fourth-order valence-corrected chi connectivity index (χ4v) is 4.47. The molecule has 7 nitrogen and oxygen atoms in total. The van der Waals surface area contributed by atoms with E-state index < -0.39 is 5.60 Å². The third kappa shape index (κ3) is 4.25. The summed E-state index contributed by atoms with van der Waals surface area (Å²) in [5.41, 5.74) is -0.318. The van der Waals surface area contributed by atoms with Crippen molar-refractivity contribution in [2.75, 3.05) is 19.6 Å². The minimum Gasteiger partial charge on any atom is -0.389 e. The maximum Gasteiger partial charge on any atom is 0.287 e. The first-order chi connectivity index (χ1) is 13.5. The normalized spacial score (nSPS) is 20.9. The smallest absolute Gasteiger partial charge is 0.287 e. The summed E-state index contributed by atoms with van der Waals surface area (Å²) < 4.78 is 0. The van der Waals surface area contributed by atoms with Gasteiger partial charge >= 0.3 is 0 Å². The molecule has 1 aromatic carbocycles. The second-order valence-corrected chi connectivity index (χ2v) is 8.24. The van der Waals surface area contributed by atoms with Crippen molar-refractivity contribution >= 4 is 16.8 Å². The van der Waals surface area contributed by atoms with E-state index in [1.54, 1.807) is 24.3 Å². The van der Waals surface area contributed by atoms with Gasteiger partial charge in [-0.3, -0.25) is 9.59 Å². The van der Waals surface area contributed by atoms with Crippen LogP contribution in [0.15, 0.2) is 29.1 Å². The molecule has 0 unspecified atom stereocenters. The molecule has 7 heteroatoms. The summed E-state index contributed by atoms with van der Waals surface area (Å²) in [6, 6.07) is 7.05. The minimum atomic E-state index is -0.539. The number of benzene rings is 1. The molecule has 0 spiro atoms. The maximum atomic E-state index is 12.6. The van der Waals surface area contributed by atoms with Crippen molar-refractivity contribution in [1.82, 2.24) is 20.2 Å². The van der Waals surface area contributed by atoms with E-state index in [0.717, 1.165) is 58.2 Å². The Morgan fingerprint density at radius 3 is 2.68 bits per heavy atom. The van der Waals surface area contributed by atoms with Gasteiger partial charge in [0.2, 0.25) is 0 Å². The number of hydrogen-bond acceptors (Lipinski definition) is 5. The second-order valence-electron chi connectivity index (χ2n) is 8.24. The number of rotatable bonds is 4. The minimum absolute atomic E-state index is 0.0570. The molecule has 0 radical (unpaired) electrons. The molecular weight excluding hydrogens is 356 g/mol. The number of carbonyl (C=O) groups is 1. The molecule has 2 fully saturated rings. The van der Waals surface area contributed by atoms with Crippen LogP contribution in [0.5, 0.6) is 0 Å². The van der Waals surface area contributed by atoms with E-state index in [2.05, 4.69) is 20.2 Å². The SMILES string of the molecule is O=C(NC1CCN(CC2(O)CCCCC2)CC1)c1nc2ccccc2c(=O)[nH]1. The molecule has 150 valence electrons. The molecule has 1 aliphatic heterocycles. The van der Waals surface area contributed by atoms with Gasteiger partial charge in [0, 0.05) is 25.7 Å². The number of para-hydroxylation sites is 1. The first-order valence-electron chi connectivity index (χ1n) is 10.3. The number of H-pyrrole nitrogens is 1. The number of nitrogens with zero attached hydrogens (tertiary/aromatic N) is 2. The molecule has 2 aromatic rings. The lowest BCUT2D eigenvalue weighted by Crippen LogP contribution is -2.50. The van der Waals surface area contributed by atoms with Gasteiger partial charge in [0.1, 0.15) is 0 Å². The molecule has 1 aromatic heterocycles. The molecular formula is C21H28N4O3. The van der Waals surface area contributed by atoms with E-state index in [4.69, 9.17) is 0 Å². The van der Waals surface area contributed by atoms with Crippen molar-refractivity contribution in [2.24, 2.45) is 0 Å².